The Balaban J connectivity index is 1.87. The maximum atomic E-state index is 13.0. The fraction of sp³-hybridized carbons (Fsp3) is 0.316. The molecule has 24 heavy (non-hydrogen) atoms. The lowest BCUT2D eigenvalue weighted by Gasteiger charge is -2.31. The number of anilines is 1. The summed E-state index contributed by atoms with van der Waals surface area (Å²) in [7, 11) is 0. The van der Waals surface area contributed by atoms with E-state index in [1.54, 1.807) is 0 Å². The summed E-state index contributed by atoms with van der Waals surface area (Å²) in [5.74, 6) is 0.00326. The lowest BCUT2D eigenvalue weighted by Crippen LogP contribution is -3.15. The van der Waals surface area contributed by atoms with Gasteiger partial charge in [0.25, 0.3) is 5.91 Å². The Labute approximate surface area is 147 Å². The second kappa shape index (κ2) is 7.79. The second-order valence-corrected chi connectivity index (χ2v) is 6.50. The van der Waals surface area contributed by atoms with Crippen molar-refractivity contribution >= 4 is 23.2 Å². The van der Waals surface area contributed by atoms with Gasteiger partial charge in [-0.3, -0.25) is 4.79 Å². The minimum atomic E-state index is -0.272. The van der Waals surface area contributed by atoms with E-state index >= 15 is 0 Å². The smallest absolute Gasteiger partial charge is 0.287 e. The van der Waals surface area contributed by atoms with Crippen LogP contribution in [0, 0.1) is 6.92 Å². The average molecular weight is 346 g/mol. The van der Waals surface area contributed by atoms with Crippen molar-refractivity contribution in [3.8, 4) is 0 Å². The van der Waals surface area contributed by atoms with Crippen LogP contribution in [0.5, 0.6) is 0 Å². The molecule has 1 amide bonds. The summed E-state index contributed by atoms with van der Waals surface area (Å²) in [6.45, 7) is 4.98. The van der Waals surface area contributed by atoms with Gasteiger partial charge in [-0.2, -0.15) is 0 Å². The maximum absolute atomic E-state index is 13.0. The molecule has 1 atom stereocenters. The minimum absolute atomic E-state index is 0.00326. The van der Waals surface area contributed by atoms with Crippen molar-refractivity contribution in [2.75, 3.05) is 31.6 Å². The first-order valence-electron chi connectivity index (χ1n) is 8.19. The van der Waals surface area contributed by atoms with Crippen molar-refractivity contribution in [1.29, 1.82) is 0 Å². The van der Waals surface area contributed by atoms with Gasteiger partial charge in [0, 0.05) is 16.3 Å². The van der Waals surface area contributed by atoms with Crippen LogP contribution in [0.3, 0.4) is 0 Å². The molecule has 2 N–H and O–H groups in total. The Hall–Kier alpha value is -1.88. The van der Waals surface area contributed by atoms with Gasteiger partial charge >= 0.3 is 0 Å². The molecule has 3 rings (SSSR count). The standard InChI is InChI=1S/C19H21ClN2O2/c1-14-4-2-3-5-17(14)21-19(23)18(22-10-12-24-13-11-22)15-6-8-16(20)9-7-15/h2-9,18H,10-13H2,1H3,(H,21,23)/p+1. The third-order valence-electron chi connectivity index (χ3n) is 4.41. The van der Waals surface area contributed by atoms with Crippen LogP contribution in [0.1, 0.15) is 17.2 Å². The number of rotatable bonds is 4. The molecule has 1 saturated heterocycles. The number of morpholine rings is 1. The summed E-state index contributed by atoms with van der Waals surface area (Å²) in [4.78, 5) is 14.3. The predicted octanol–water partition coefficient (Wildman–Crippen LogP) is 2.24. The Bertz CT molecular complexity index is 697. The molecule has 1 heterocycles. The van der Waals surface area contributed by atoms with Gasteiger partial charge in [-0.15, -0.1) is 0 Å². The highest BCUT2D eigenvalue weighted by molar-refractivity contribution is 6.30. The van der Waals surface area contributed by atoms with Crippen molar-refractivity contribution < 1.29 is 14.4 Å². The lowest BCUT2D eigenvalue weighted by molar-refractivity contribution is -0.929. The van der Waals surface area contributed by atoms with Crippen molar-refractivity contribution in [2.24, 2.45) is 0 Å². The van der Waals surface area contributed by atoms with Gasteiger partial charge in [-0.05, 0) is 30.7 Å². The SMILES string of the molecule is Cc1ccccc1NC(=O)C(c1ccc(Cl)cc1)[NH+]1CCOCC1. The maximum Gasteiger partial charge on any atom is 0.287 e. The van der Waals surface area contributed by atoms with Gasteiger partial charge in [-0.25, -0.2) is 0 Å². The summed E-state index contributed by atoms with van der Waals surface area (Å²) in [6.07, 6.45) is 0. The van der Waals surface area contributed by atoms with Gasteiger partial charge in [0.1, 0.15) is 13.1 Å². The fourth-order valence-electron chi connectivity index (χ4n) is 3.07. The Morgan fingerprint density at radius 2 is 1.79 bits per heavy atom. The molecule has 0 radical (unpaired) electrons. The van der Waals surface area contributed by atoms with E-state index in [1.807, 2.05) is 55.5 Å². The van der Waals surface area contributed by atoms with Crippen LogP contribution in [0.15, 0.2) is 48.5 Å². The molecule has 0 saturated carbocycles. The molecule has 1 aliphatic heterocycles. The average Bonchev–Trinajstić information content (AvgIpc) is 2.60. The fourth-order valence-corrected chi connectivity index (χ4v) is 3.19. The van der Waals surface area contributed by atoms with Gasteiger partial charge in [0.15, 0.2) is 6.04 Å². The third kappa shape index (κ3) is 3.96. The van der Waals surface area contributed by atoms with Gasteiger partial charge in [0.2, 0.25) is 0 Å². The molecule has 2 aromatic carbocycles. The number of quaternary nitrogens is 1. The van der Waals surface area contributed by atoms with Crippen molar-refractivity contribution in [3.63, 3.8) is 0 Å². The number of halogens is 1. The topological polar surface area (TPSA) is 42.8 Å². The van der Waals surface area contributed by atoms with Crippen LogP contribution < -0.4 is 10.2 Å². The zero-order chi connectivity index (χ0) is 16.9. The van der Waals surface area contributed by atoms with Gasteiger partial charge in [0.05, 0.1) is 13.2 Å². The molecule has 126 valence electrons. The van der Waals surface area contributed by atoms with Crippen molar-refractivity contribution in [1.82, 2.24) is 0 Å². The molecule has 0 aromatic heterocycles. The Morgan fingerprint density at radius 1 is 1.12 bits per heavy atom. The first kappa shape index (κ1) is 17.0. The van der Waals surface area contributed by atoms with Crippen LogP contribution in [0.2, 0.25) is 5.02 Å². The Kier molecular flexibility index (Phi) is 5.51. The summed E-state index contributed by atoms with van der Waals surface area (Å²) < 4.78 is 5.45. The molecule has 1 aliphatic rings. The normalized spacial score (nSPS) is 16.6. The minimum Gasteiger partial charge on any atom is -0.370 e. The quantitative estimate of drug-likeness (QED) is 0.892. The molecule has 1 unspecified atom stereocenters. The van der Waals surface area contributed by atoms with E-state index < -0.39 is 0 Å². The van der Waals surface area contributed by atoms with Gasteiger partial charge < -0.3 is 15.0 Å². The number of hydrogen-bond donors (Lipinski definition) is 2. The highest BCUT2D eigenvalue weighted by Gasteiger charge is 2.33. The molecule has 0 spiro atoms. The van der Waals surface area contributed by atoms with E-state index in [2.05, 4.69) is 5.32 Å². The zero-order valence-corrected chi connectivity index (χ0v) is 14.5. The number of hydrogen-bond acceptors (Lipinski definition) is 2. The second-order valence-electron chi connectivity index (χ2n) is 6.06. The van der Waals surface area contributed by atoms with E-state index in [0.29, 0.717) is 18.2 Å². The van der Waals surface area contributed by atoms with Crippen molar-refractivity contribution in [2.45, 2.75) is 13.0 Å². The van der Waals surface area contributed by atoms with Crippen molar-refractivity contribution in [3.05, 3.63) is 64.7 Å². The number of carbonyl (C=O) groups is 1. The van der Waals surface area contributed by atoms with E-state index in [0.717, 1.165) is 29.9 Å². The molecule has 2 aromatic rings. The largest absolute Gasteiger partial charge is 0.370 e. The summed E-state index contributed by atoms with van der Waals surface area (Å²) in [6, 6.07) is 15.1. The Morgan fingerprint density at radius 3 is 2.46 bits per heavy atom. The van der Waals surface area contributed by atoms with E-state index in [9.17, 15) is 4.79 Å². The molecule has 1 fully saturated rings. The number of carbonyl (C=O) groups excluding carboxylic acids is 1. The zero-order valence-electron chi connectivity index (χ0n) is 13.7. The van der Waals surface area contributed by atoms with E-state index in [4.69, 9.17) is 16.3 Å². The monoisotopic (exact) mass is 345 g/mol. The number of aryl methyl sites for hydroxylation is 1. The van der Waals surface area contributed by atoms with Crippen LogP contribution in [-0.2, 0) is 9.53 Å². The summed E-state index contributed by atoms with van der Waals surface area (Å²) in [5.41, 5.74) is 2.88. The molecule has 0 aliphatic carbocycles. The van der Waals surface area contributed by atoms with E-state index in [-0.39, 0.29) is 11.9 Å². The third-order valence-corrected chi connectivity index (χ3v) is 4.66. The highest BCUT2D eigenvalue weighted by atomic mass is 35.5. The number of ether oxygens (including phenoxy) is 1. The summed E-state index contributed by atoms with van der Waals surface area (Å²) in [5, 5.41) is 3.76. The number of benzene rings is 2. The first-order chi connectivity index (χ1) is 11.6. The number of para-hydroxylation sites is 1. The molecular formula is C19H22ClN2O2+. The highest BCUT2D eigenvalue weighted by Crippen LogP contribution is 2.19. The molecule has 0 bridgehead atoms. The van der Waals surface area contributed by atoms with E-state index in [1.165, 1.54) is 4.90 Å². The molecule has 5 heteroatoms. The number of nitrogens with one attached hydrogen (secondary N) is 2. The predicted molar refractivity (Wildman–Crippen MR) is 95.5 cm³/mol. The summed E-state index contributed by atoms with van der Waals surface area (Å²) >= 11 is 6.00. The number of amides is 1. The van der Waals surface area contributed by atoms with Crippen LogP contribution >= 0.6 is 11.6 Å². The molecule has 4 nitrogen and oxygen atoms in total. The van der Waals surface area contributed by atoms with Crippen LogP contribution in [0.25, 0.3) is 0 Å². The lowest BCUT2D eigenvalue weighted by atomic mass is 10.0. The van der Waals surface area contributed by atoms with Crippen LogP contribution in [0.4, 0.5) is 5.69 Å². The first-order valence-corrected chi connectivity index (χ1v) is 8.57. The molecular weight excluding hydrogens is 324 g/mol. The van der Waals surface area contributed by atoms with Gasteiger partial charge in [-0.1, -0.05) is 41.9 Å². The van der Waals surface area contributed by atoms with Crippen LogP contribution in [-0.4, -0.2) is 32.2 Å².